The monoisotopic (exact) mass is 287 g/mol. The predicted octanol–water partition coefficient (Wildman–Crippen LogP) is 2.62. The Morgan fingerprint density at radius 1 is 1.28 bits per heavy atom. The van der Waals surface area contributed by atoms with Gasteiger partial charge in [-0.25, -0.2) is 8.42 Å². The van der Waals surface area contributed by atoms with Gasteiger partial charge in [0, 0.05) is 16.7 Å². The maximum Gasteiger partial charge on any atom is 0.150 e. The normalized spacial score (nSPS) is 13.5. The van der Waals surface area contributed by atoms with Crippen molar-refractivity contribution in [3.63, 3.8) is 0 Å². The molecule has 0 heterocycles. The van der Waals surface area contributed by atoms with Gasteiger partial charge in [-0.1, -0.05) is 19.1 Å². The van der Waals surface area contributed by atoms with E-state index in [0.29, 0.717) is 12.8 Å². The van der Waals surface area contributed by atoms with E-state index in [1.54, 1.807) is 18.7 Å². The van der Waals surface area contributed by atoms with Crippen LogP contribution in [0.1, 0.15) is 31.4 Å². The average Bonchev–Trinajstić information content (AvgIpc) is 2.38. The predicted molar refractivity (Wildman–Crippen MR) is 78.7 cm³/mol. The lowest BCUT2D eigenvalue weighted by Gasteiger charge is -2.12. The van der Waals surface area contributed by atoms with Crippen LogP contribution in [0.5, 0.6) is 0 Å². The summed E-state index contributed by atoms with van der Waals surface area (Å²) in [4.78, 5) is 1.21. The minimum Gasteiger partial charge on any atom is -0.324 e. The number of rotatable bonds is 7. The highest BCUT2D eigenvalue weighted by molar-refractivity contribution is 7.98. The summed E-state index contributed by atoms with van der Waals surface area (Å²) in [6.07, 6.45) is 3.37. The van der Waals surface area contributed by atoms with Gasteiger partial charge >= 0.3 is 0 Å². The van der Waals surface area contributed by atoms with E-state index >= 15 is 0 Å². The topological polar surface area (TPSA) is 60.2 Å². The summed E-state index contributed by atoms with van der Waals surface area (Å²) in [5.41, 5.74) is 7.13. The first-order valence-corrected chi connectivity index (χ1v) is 9.13. The van der Waals surface area contributed by atoms with Crippen molar-refractivity contribution in [3.05, 3.63) is 29.8 Å². The summed E-state index contributed by atoms with van der Waals surface area (Å²) in [5.74, 6) is 0.449. The lowest BCUT2D eigenvalue weighted by molar-refractivity contribution is 0.584. The molecule has 0 aliphatic rings. The molecule has 0 fully saturated rings. The van der Waals surface area contributed by atoms with Gasteiger partial charge in [0.25, 0.3) is 0 Å². The summed E-state index contributed by atoms with van der Waals surface area (Å²) in [5, 5.41) is 0. The number of hydrogen-bond donors (Lipinski definition) is 1. The maximum absolute atomic E-state index is 11.4. The summed E-state index contributed by atoms with van der Waals surface area (Å²) >= 11 is 1.69. The van der Waals surface area contributed by atoms with E-state index in [-0.39, 0.29) is 17.5 Å². The second-order valence-electron chi connectivity index (χ2n) is 4.26. The van der Waals surface area contributed by atoms with Crippen LogP contribution in [0.2, 0.25) is 0 Å². The molecule has 102 valence electrons. The number of hydrogen-bond acceptors (Lipinski definition) is 4. The van der Waals surface area contributed by atoms with Crippen LogP contribution in [-0.2, 0) is 9.84 Å². The molecule has 0 aliphatic carbocycles. The van der Waals surface area contributed by atoms with E-state index in [1.165, 1.54) is 4.90 Å². The molecule has 2 N–H and O–H groups in total. The standard InChI is InChI=1S/C13H21NO2S2/c1-3-18(15,16)10-4-5-13(14)11-6-8-12(17-2)9-7-11/h6-9,13H,3-5,10,14H2,1-2H3. The van der Waals surface area contributed by atoms with Crippen LogP contribution >= 0.6 is 11.8 Å². The third-order valence-corrected chi connectivity index (χ3v) is 5.49. The van der Waals surface area contributed by atoms with Crippen LogP contribution in [0.4, 0.5) is 0 Å². The molecule has 3 nitrogen and oxygen atoms in total. The van der Waals surface area contributed by atoms with Gasteiger partial charge in [0.05, 0.1) is 5.75 Å². The molecule has 1 aromatic carbocycles. The van der Waals surface area contributed by atoms with E-state index in [2.05, 4.69) is 0 Å². The summed E-state index contributed by atoms with van der Waals surface area (Å²) < 4.78 is 22.7. The Kier molecular flexibility index (Phi) is 6.18. The van der Waals surface area contributed by atoms with Gasteiger partial charge in [-0.3, -0.25) is 0 Å². The molecule has 0 bridgehead atoms. The first-order chi connectivity index (χ1) is 8.48. The van der Waals surface area contributed by atoms with E-state index in [9.17, 15) is 8.42 Å². The molecule has 1 unspecified atom stereocenters. The zero-order valence-corrected chi connectivity index (χ0v) is 12.6. The highest BCUT2D eigenvalue weighted by Gasteiger charge is 2.10. The molecule has 1 rings (SSSR count). The smallest absolute Gasteiger partial charge is 0.150 e. The van der Waals surface area contributed by atoms with Gasteiger partial charge in [0.1, 0.15) is 9.84 Å². The fourth-order valence-corrected chi connectivity index (χ4v) is 2.99. The molecule has 5 heteroatoms. The Hall–Kier alpha value is -0.520. The Bertz CT molecular complexity index is 454. The van der Waals surface area contributed by atoms with Crippen LogP contribution in [0.25, 0.3) is 0 Å². The van der Waals surface area contributed by atoms with Crippen molar-refractivity contribution in [1.82, 2.24) is 0 Å². The Morgan fingerprint density at radius 2 is 1.89 bits per heavy atom. The van der Waals surface area contributed by atoms with Crippen molar-refractivity contribution < 1.29 is 8.42 Å². The van der Waals surface area contributed by atoms with E-state index < -0.39 is 9.84 Å². The molecule has 1 aromatic rings. The van der Waals surface area contributed by atoms with Crippen LogP contribution < -0.4 is 5.73 Å². The Balaban J connectivity index is 2.47. The quantitative estimate of drug-likeness (QED) is 0.783. The Labute approximate surface area is 114 Å². The average molecular weight is 287 g/mol. The van der Waals surface area contributed by atoms with Crippen LogP contribution in [0.3, 0.4) is 0 Å². The fraction of sp³-hybridized carbons (Fsp3) is 0.538. The summed E-state index contributed by atoms with van der Waals surface area (Å²) in [7, 11) is -2.87. The van der Waals surface area contributed by atoms with Crippen molar-refractivity contribution in [2.24, 2.45) is 5.73 Å². The van der Waals surface area contributed by atoms with Crippen molar-refractivity contribution in [3.8, 4) is 0 Å². The SMILES string of the molecule is CCS(=O)(=O)CCCC(N)c1ccc(SC)cc1. The first kappa shape index (κ1) is 15.5. The molecule has 0 aromatic heterocycles. The molecule has 0 aliphatic heterocycles. The summed E-state index contributed by atoms with van der Waals surface area (Å²) in [6, 6.07) is 8.05. The van der Waals surface area contributed by atoms with Crippen molar-refractivity contribution >= 4 is 21.6 Å². The van der Waals surface area contributed by atoms with Gasteiger partial charge in [-0.2, -0.15) is 0 Å². The van der Waals surface area contributed by atoms with E-state index in [1.807, 2.05) is 30.5 Å². The molecule has 1 atom stereocenters. The molecular weight excluding hydrogens is 266 g/mol. The van der Waals surface area contributed by atoms with E-state index in [0.717, 1.165) is 5.56 Å². The molecule has 0 radical (unpaired) electrons. The second kappa shape index (κ2) is 7.16. The molecule has 18 heavy (non-hydrogen) atoms. The second-order valence-corrected chi connectivity index (χ2v) is 7.61. The number of nitrogens with two attached hydrogens (primary N) is 1. The molecule has 0 amide bonds. The highest BCUT2D eigenvalue weighted by Crippen LogP contribution is 2.20. The zero-order valence-electron chi connectivity index (χ0n) is 10.9. The minimum atomic E-state index is -2.87. The van der Waals surface area contributed by atoms with Gasteiger partial charge in [-0.15, -0.1) is 11.8 Å². The minimum absolute atomic E-state index is 0.0760. The fourth-order valence-electron chi connectivity index (χ4n) is 1.69. The van der Waals surface area contributed by atoms with Crippen molar-refractivity contribution in [2.75, 3.05) is 17.8 Å². The number of benzene rings is 1. The third-order valence-electron chi connectivity index (χ3n) is 2.95. The van der Waals surface area contributed by atoms with Gasteiger partial charge in [-0.05, 0) is 36.8 Å². The van der Waals surface area contributed by atoms with Gasteiger partial charge in [0.15, 0.2) is 0 Å². The largest absolute Gasteiger partial charge is 0.324 e. The molecule has 0 spiro atoms. The third kappa shape index (κ3) is 5.00. The van der Waals surface area contributed by atoms with Crippen molar-refractivity contribution in [1.29, 1.82) is 0 Å². The van der Waals surface area contributed by atoms with Crippen molar-refractivity contribution in [2.45, 2.75) is 30.7 Å². The number of thioether (sulfide) groups is 1. The van der Waals surface area contributed by atoms with Crippen LogP contribution in [-0.4, -0.2) is 26.2 Å². The number of sulfone groups is 1. The first-order valence-electron chi connectivity index (χ1n) is 6.08. The lowest BCUT2D eigenvalue weighted by Crippen LogP contribution is -2.14. The van der Waals surface area contributed by atoms with Gasteiger partial charge < -0.3 is 5.73 Å². The van der Waals surface area contributed by atoms with E-state index in [4.69, 9.17) is 5.73 Å². The van der Waals surface area contributed by atoms with Gasteiger partial charge in [0.2, 0.25) is 0 Å². The highest BCUT2D eigenvalue weighted by atomic mass is 32.2. The maximum atomic E-state index is 11.4. The molecule has 0 saturated carbocycles. The molecular formula is C13H21NO2S2. The summed E-state index contributed by atoms with van der Waals surface area (Å²) in [6.45, 7) is 1.68. The van der Waals surface area contributed by atoms with Crippen LogP contribution in [0.15, 0.2) is 29.2 Å². The van der Waals surface area contributed by atoms with Crippen LogP contribution in [0, 0.1) is 0 Å². The zero-order chi connectivity index (χ0) is 13.6. The molecule has 0 saturated heterocycles. The lowest BCUT2D eigenvalue weighted by atomic mass is 10.0. The Morgan fingerprint density at radius 3 is 2.39 bits per heavy atom.